The highest BCUT2D eigenvalue weighted by Gasteiger charge is 2.51. The highest BCUT2D eigenvalue weighted by atomic mass is 35.5. The van der Waals surface area contributed by atoms with E-state index in [-0.39, 0.29) is 29.9 Å². The van der Waals surface area contributed by atoms with Crippen molar-refractivity contribution in [3.8, 4) is 22.8 Å². The number of alkyl halides is 3. The zero-order chi connectivity index (χ0) is 25.6. The summed E-state index contributed by atoms with van der Waals surface area (Å²) in [5.41, 5.74) is -0.0337. The van der Waals surface area contributed by atoms with E-state index in [0.29, 0.717) is 21.7 Å². The van der Waals surface area contributed by atoms with Crippen molar-refractivity contribution in [1.29, 1.82) is 0 Å². The molecule has 9 heteroatoms. The topological polar surface area (TPSA) is 75.7 Å². The van der Waals surface area contributed by atoms with Crippen LogP contribution in [-0.4, -0.2) is 26.9 Å². The molecule has 2 aromatic carbocycles. The van der Waals surface area contributed by atoms with Crippen LogP contribution in [0.15, 0.2) is 47.3 Å². The van der Waals surface area contributed by atoms with Crippen molar-refractivity contribution < 1.29 is 18.0 Å². The predicted octanol–water partition coefficient (Wildman–Crippen LogP) is 6.29. The van der Waals surface area contributed by atoms with E-state index in [1.165, 1.54) is 0 Å². The van der Waals surface area contributed by atoms with Crippen LogP contribution >= 0.6 is 11.6 Å². The summed E-state index contributed by atoms with van der Waals surface area (Å²) in [6, 6.07) is 12.6. The molecule has 3 aromatic rings. The average Bonchev–Trinajstić information content (AvgIpc) is 3.55. The second kappa shape index (κ2) is 8.90. The van der Waals surface area contributed by atoms with Crippen LogP contribution in [0.2, 0.25) is 5.02 Å². The lowest BCUT2D eigenvalue weighted by molar-refractivity contribution is -0.210. The van der Waals surface area contributed by atoms with Gasteiger partial charge in [-0.05, 0) is 67.9 Å². The molecule has 1 aliphatic carbocycles. The van der Waals surface area contributed by atoms with E-state index in [2.05, 4.69) is 21.9 Å². The predicted molar refractivity (Wildman–Crippen MR) is 128 cm³/mol. The molecular weight excluding hydrogens is 479 g/mol. The second-order valence-corrected chi connectivity index (χ2v) is 10.2. The van der Waals surface area contributed by atoms with E-state index >= 15 is 0 Å². The first-order chi connectivity index (χ1) is 16.3. The number of nitrogens with one attached hydrogen (secondary N) is 1. The summed E-state index contributed by atoms with van der Waals surface area (Å²) in [5, 5.41) is 0.301. The summed E-state index contributed by atoms with van der Waals surface area (Å²) in [7, 11) is 0. The highest BCUT2D eigenvalue weighted by Crippen LogP contribution is 2.48. The lowest BCUT2D eigenvalue weighted by Gasteiger charge is -2.26. The van der Waals surface area contributed by atoms with E-state index in [4.69, 9.17) is 11.6 Å². The molecule has 35 heavy (non-hydrogen) atoms. The maximum atomic E-state index is 13.2. The average molecular weight is 504 g/mol. The SMILES string of the molecule is CC1(c2cccc(-c3nc(-c4cc(CCC(=O)C(C)(C)C(F)(F)F)ccc4Cl)[nH]c(=O)n3)c2)CC1. The highest BCUT2D eigenvalue weighted by molar-refractivity contribution is 6.33. The third kappa shape index (κ3) is 5.17. The minimum absolute atomic E-state index is 0.0886. The van der Waals surface area contributed by atoms with Gasteiger partial charge in [-0.15, -0.1) is 0 Å². The third-order valence-electron chi connectivity index (χ3n) is 6.80. The molecule has 4 rings (SSSR count). The van der Waals surface area contributed by atoms with Crippen molar-refractivity contribution in [3.63, 3.8) is 0 Å². The normalized spacial score (nSPS) is 15.2. The minimum atomic E-state index is -4.62. The number of ketones is 1. The molecule has 1 fully saturated rings. The number of halogens is 4. The largest absolute Gasteiger partial charge is 0.400 e. The fraction of sp³-hybridized carbons (Fsp3) is 0.385. The van der Waals surface area contributed by atoms with Crippen molar-refractivity contribution in [2.24, 2.45) is 5.41 Å². The number of aromatic amines is 1. The van der Waals surface area contributed by atoms with Crippen molar-refractivity contribution in [1.82, 2.24) is 15.0 Å². The second-order valence-electron chi connectivity index (χ2n) is 9.83. The number of Topliss-reactive ketones (excluding diaryl/α,β-unsaturated/α-hetero) is 1. The van der Waals surface area contributed by atoms with Gasteiger partial charge in [0, 0.05) is 17.5 Å². The van der Waals surface area contributed by atoms with Gasteiger partial charge in [-0.2, -0.15) is 18.2 Å². The zero-order valence-corrected chi connectivity index (χ0v) is 20.3. The zero-order valence-electron chi connectivity index (χ0n) is 19.6. The number of rotatable bonds is 7. The fourth-order valence-corrected chi connectivity index (χ4v) is 4.00. The smallest absolute Gasteiger partial charge is 0.299 e. The fourth-order valence-electron chi connectivity index (χ4n) is 3.79. The Morgan fingerprint density at radius 2 is 1.83 bits per heavy atom. The summed E-state index contributed by atoms with van der Waals surface area (Å²) >= 11 is 6.37. The Morgan fingerprint density at radius 1 is 1.11 bits per heavy atom. The molecule has 1 aliphatic rings. The molecule has 0 aliphatic heterocycles. The number of hydrogen-bond acceptors (Lipinski definition) is 4. The van der Waals surface area contributed by atoms with Crippen LogP contribution in [0.3, 0.4) is 0 Å². The van der Waals surface area contributed by atoms with Crippen LogP contribution in [0.25, 0.3) is 22.8 Å². The molecule has 0 radical (unpaired) electrons. The first-order valence-corrected chi connectivity index (χ1v) is 11.7. The standard InChI is InChI=1S/C26H25ClF3N3O2/c1-24(2,26(28,29)30)20(34)10-8-15-7-9-19(27)18(13-15)22-31-21(32-23(35)33-22)16-5-4-6-17(14-16)25(3)11-12-25/h4-7,9,13-14H,8,10-12H2,1-3H3,(H,31,32,33,35). The van der Waals surface area contributed by atoms with E-state index in [9.17, 15) is 22.8 Å². The van der Waals surface area contributed by atoms with Crippen LogP contribution in [-0.2, 0) is 16.6 Å². The van der Waals surface area contributed by atoms with Gasteiger partial charge in [-0.25, -0.2) is 9.78 Å². The Kier molecular flexibility index (Phi) is 6.38. The van der Waals surface area contributed by atoms with Crippen LogP contribution in [0.4, 0.5) is 13.2 Å². The maximum Gasteiger partial charge on any atom is 0.400 e. The Bertz CT molecular complexity index is 1340. The first-order valence-electron chi connectivity index (χ1n) is 11.3. The number of carbonyl (C=O) groups is 1. The summed E-state index contributed by atoms with van der Waals surface area (Å²) in [6.45, 7) is 3.95. The van der Waals surface area contributed by atoms with Crippen LogP contribution in [0, 0.1) is 5.41 Å². The van der Waals surface area contributed by atoms with Gasteiger partial charge in [-0.1, -0.05) is 42.8 Å². The number of benzene rings is 2. The molecule has 0 amide bonds. The summed E-state index contributed by atoms with van der Waals surface area (Å²) in [4.78, 5) is 35.7. The minimum Gasteiger partial charge on any atom is -0.299 e. The number of aromatic nitrogens is 3. The number of H-pyrrole nitrogens is 1. The van der Waals surface area contributed by atoms with E-state index < -0.39 is 23.1 Å². The van der Waals surface area contributed by atoms with Gasteiger partial charge < -0.3 is 0 Å². The molecule has 1 aromatic heterocycles. The van der Waals surface area contributed by atoms with E-state index in [1.54, 1.807) is 18.2 Å². The first kappa shape index (κ1) is 25.1. The number of nitrogens with zero attached hydrogens (tertiary/aromatic N) is 2. The number of carbonyl (C=O) groups excluding carboxylic acids is 1. The number of hydrogen-bond donors (Lipinski definition) is 1. The van der Waals surface area contributed by atoms with Crippen molar-refractivity contribution >= 4 is 17.4 Å². The van der Waals surface area contributed by atoms with Gasteiger partial charge in [0.15, 0.2) is 5.82 Å². The summed E-state index contributed by atoms with van der Waals surface area (Å²) in [6.07, 6.45) is -2.62. The van der Waals surface area contributed by atoms with Gasteiger partial charge in [-0.3, -0.25) is 9.78 Å². The maximum absolute atomic E-state index is 13.2. The van der Waals surface area contributed by atoms with Crippen molar-refractivity contribution in [2.75, 3.05) is 0 Å². The molecule has 0 bridgehead atoms. The molecular formula is C26H25ClF3N3O2. The lowest BCUT2D eigenvalue weighted by Crippen LogP contribution is -2.39. The lowest BCUT2D eigenvalue weighted by atomic mass is 9.84. The van der Waals surface area contributed by atoms with Crippen molar-refractivity contribution in [2.45, 2.75) is 58.0 Å². The van der Waals surface area contributed by atoms with Gasteiger partial charge in [0.25, 0.3) is 0 Å². The van der Waals surface area contributed by atoms with E-state index in [0.717, 1.165) is 32.3 Å². The molecule has 1 saturated carbocycles. The van der Waals surface area contributed by atoms with Crippen molar-refractivity contribution in [3.05, 3.63) is 69.1 Å². The van der Waals surface area contributed by atoms with Crippen LogP contribution in [0.1, 0.15) is 51.2 Å². The molecule has 0 spiro atoms. The number of aryl methyl sites for hydroxylation is 1. The Hall–Kier alpha value is -3.00. The van der Waals surface area contributed by atoms with E-state index in [1.807, 2.05) is 24.3 Å². The molecule has 1 N–H and O–H groups in total. The quantitative estimate of drug-likeness (QED) is 0.411. The third-order valence-corrected chi connectivity index (χ3v) is 7.13. The summed E-state index contributed by atoms with van der Waals surface area (Å²) in [5.74, 6) is -0.460. The Balaban J connectivity index is 1.63. The Morgan fingerprint density at radius 3 is 2.49 bits per heavy atom. The van der Waals surface area contributed by atoms with Crippen LogP contribution < -0.4 is 5.69 Å². The van der Waals surface area contributed by atoms with Gasteiger partial charge in [0.05, 0.1) is 5.02 Å². The molecule has 0 unspecified atom stereocenters. The van der Waals surface area contributed by atoms with Gasteiger partial charge in [0.2, 0.25) is 0 Å². The molecule has 1 heterocycles. The molecule has 0 atom stereocenters. The van der Waals surface area contributed by atoms with Gasteiger partial charge in [0.1, 0.15) is 17.0 Å². The molecule has 5 nitrogen and oxygen atoms in total. The van der Waals surface area contributed by atoms with Crippen LogP contribution in [0.5, 0.6) is 0 Å². The molecule has 0 saturated heterocycles. The Labute approximate surface area is 205 Å². The molecule has 184 valence electrons. The monoisotopic (exact) mass is 503 g/mol. The summed E-state index contributed by atoms with van der Waals surface area (Å²) < 4.78 is 39.5. The van der Waals surface area contributed by atoms with Gasteiger partial charge >= 0.3 is 11.9 Å².